The summed E-state index contributed by atoms with van der Waals surface area (Å²) >= 11 is 0. The van der Waals surface area contributed by atoms with Gasteiger partial charge in [0.25, 0.3) is 5.91 Å². The van der Waals surface area contributed by atoms with Crippen LogP contribution in [-0.4, -0.2) is 25.6 Å². The number of benzene rings is 1. The predicted octanol–water partition coefficient (Wildman–Crippen LogP) is 1.72. The highest BCUT2D eigenvalue weighted by Gasteiger charge is 2.08. The molecule has 98 valence electrons. The third-order valence-electron chi connectivity index (χ3n) is 2.39. The molecular formula is C14H20N2O2. The molecule has 1 aromatic carbocycles. The van der Waals surface area contributed by atoms with E-state index in [1.165, 1.54) is 0 Å². The summed E-state index contributed by atoms with van der Waals surface area (Å²) in [6.45, 7) is 8.07. The zero-order valence-electron chi connectivity index (χ0n) is 10.7. The third-order valence-corrected chi connectivity index (χ3v) is 2.39. The smallest absolute Gasteiger partial charge is 0.252 e. The van der Waals surface area contributed by atoms with Crippen LogP contribution < -0.4 is 15.8 Å². The fraction of sp³-hybridized carbons (Fsp3) is 0.357. The first-order chi connectivity index (χ1) is 8.65. The fourth-order valence-corrected chi connectivity index (χ4v) is 1.47. The largest absolute Gasteiger partial charge is 0.488 e. The maximum Gasteiger partial charge on any atom is 0.252 e. The Morgan fingerprint density at radius 3 is 2.83 bits per heavy atom. The zero-order chi connectivity index (χ0) is 13.4. The average Bonchev–Trinajstić information content (AvgIpc) is 2.37. The molecule has 3 N–H and O–H groups in total. The van der Waals surface area contributed by atoms with Crippen LogP contribution in [-0.2, 0) is 0 Å². The number of para-hydroxylation sites is 1. The van der Waals surface area contributed by atoms with Gasteiger partial charge in [-0.2, -0.15) is 0 Å². The number of carbonyl (C=O) groups excluding carboxylic acids is 1. The number of carbonyl (C=O) groups is 1. The molecular weight excluding hydrogens is 228 g/mol. The zero-order valence-corrected chi connectivity index (χ0v) is 10.7. The van der Waals surface area contributed by atoms with E-state index in [1.54, 1.807) is 24.3 Å². The second kappa shape index (κ2) is 7.50. The Balaban J connectivity index is 2.48. The second-order valence-electron chi connectivity index (χ2n) is 4.08. The van der Waals surface area contributed by atoms with Gasteiger partial charge in [-0.25, -0.2) is 0 Å². The fourth-order valence-electron chi connectivity index (χ4n) is 1.47. The average molecular weight is 248 g/mol. The van der Waals surface area contributed by atoms with Gasteiger partial charge in [0.1, 0.15) is 12.4 Å². The number of amides is 1. The van der Waals surface area contributed by atoms with Crippen molar-refractivity contribution >= 4 is 5.91 Å². The Hall–Kier alpha value is -1.81. The van der Waals surface area contributed by atoms with E-state index in [1.807, 2.05) is 0 Å². The standard InChI is InChI=1S/C14H20N2O2/c1-3-8-16-9-11(2)10-18-13-7-5-4-6-12(13)14(15)17/h4-7,16H,2-3,8-10H2,1H3,(H2,15,17). The minimum absolute atomic E-state index is 0.376. The van der Waals surface area contributed by atoms with Crippen molar-refractivity contribution in [3.8, 4) is 5.75 Å². The Morgan fingerprint density at radius 2 is 2.17 bits per heavy atom. The second-order valence-corrected chi connectivity index (χ2v) is 4.08. The number of hydrogen-bond acceptors (Lipinski definition) is 3. The summed E-state index contributed by atoms with van der Waals surface area (Å²) in [7, 11) is 0. The highest BCUT2D eigenvalue weighted by Crippen LogP contribution is 2.17. The van der Waals surface area contributed by atoms with Crippen LogP contribution in [0.5, 0.6) is 5.75 Å². The molecule has 0 saturated carbocycles. The lowest BCUT2D eigenvalue weighted by atomic mass is 10.2. The topological polar surface area (TPSA) is 64.3 Å². The lowest BCUT2D eigenvalue weighted by molar-refractivity contribution is 0.0996. The Kier molecular flexibility index (Phi) is 5.94. The van der Waals surface area contributed by atoms with E-state index in [0.717, 1.165) is 18.5 Å². The molecule has 0 bridgehead atoms. The van der Waals surface area contributed by atoms with E-state index in [-0.39, 0.29) is 0 Å². The van der Waals surface area contributed by atoms with Gasteiger partial charge >= 0.3 is 0 Å². The molecule has 0 fully saturated rings. The van der Waals surface area contributed by atoms with Crippen LogP contribution in [0.25, 0.3) is 0 Å². The van der Waals surface area contributed by atoms with Gasteiger partial charge in [0.05, 0.1) is 5.56 Å². The molecule has 0 aliphatic carbocycles. The minimum atomic E-state index is -0.486. The molecule has 1 amide bonds. The van der Waals surface area contributed by atoms with E-state index in [9.17, 15) is 4.79 Å². The van der Waals surface area contributed by atoms with Crippen LogP contribution >= 0.6 is 0 Å². The van der Waals surface area contributed by atoms with Gasteiger partial charge in [-0.3, -0.25) is 4.79 Å². The Bertz CT molecular complexity index is 416. The van der Waals surface area contributed by atoms with Gasteiger partial charge in [-0.15, -0.1) is 0 Å². The van der Waals surface area contributed by atoms with Crippen LogP contribution in [0.15, 0.2) is 36.4 Å². The van der Waals surface area contributed by atoms with Crippen LogP contribution in [0.2, 0.25) is 0 Å². The SMILES string of the molecule is C=C(CNCCC)COc1ccccc1C(N)=O. The minimum Gasteiger partial charge on any atom is -0.488 e. The highest BCUT2D eigenvalue weighted by molar-refractivity contribution is 5.95. The lowest BCUT2D eigenvalue weighted by Gasteiger charge is -2.11. The first kappa shape index (κ1) is 14.3. The number of hydrogen-bond donors (Lipinski definition) is 2. The molecule has 0 spiro atoms. The van der Waals surface area contributed by atoms with Crippen molar-refractivity contribution in [2.75, 3.05) is 19.7 Å². The molecule has 0 radical (unpaired) electrons. The Labute approximate surface area is 108 Å². The normalized spacial score (nSPS) is 10.1. The summed E-state index contributed by atoms with van der Waals surface area (Å²) in [5, 5.41) is 3.24. The van der Waals surface area contributed by atoms with Gasteiger partial charge in [0, 0.05) is 6.54 Å². The number of ether oxygens (including phenoxy) is 1. The van der Waals surface area contributed by atoms with Crippen LogP contribution in [0, 0.1) is 0 Å². The van der Waals surface area contributed by atoms with E-state index >= 15 is 0 Å². The van der Waals surface area contributed by atoms with Gasteiger partial charge in [0.2, 0.25) is 0 Å². The molecule has 0 saturated heterocycles. The molecule has 0 unspecified atom stereocenters. The molecule has 0 aliphatic heterocycles. The van der Waals surface area contributed by atoms with E-state index < -0.39 is 5.91 Å². The van der Waals surface area contributed by atoms with Gasteiger partial charge < -0.3 is 15.8 Å². The van der Waals surface area contributed by atoms with Crippen LogP contribution in [0.4, 0.5) is 0 Å². The summed E-state index contributed by atoms with van der Waals surface area (Å²) in [6, 6.07) is 6.94. The van der Waals surface area contributed by atoms with E-state index in [2.05, 4.69) is 18.8 Å². The quantitative estimate of drug-likeness (QED) is 0.544. The maximum atomic E-state index is 11.2. The molecule has 4 nitrogen and oxygen atoms in total. The predicted molar refractivity (Wildman–Crippen MR) is 72.8 cm³/mol. The monoisotopic (exact) mass is 248 g/mol. The lowest BCUT2D eigenvalue weighted by Crippen LogP contribution is -2.20. The van der Waals surface area contributed by atoms with Gasteiger partial charge in [-0.05, 0) is 30.7 Å². The molecule has 1 rings (SSSR count). The molecule has 0 aromatic heterocycles. The molecule has 1 aromatic rings. The van der Waals surface area contributed by atoms with Gasteiger partial charge in [-0.1, -0.05) is 25.6 Å². The van der Waals surface area contributed by atoms with Crippen LogP contribution in [0.1, 0.15) is 23.7 Å². The van der Waals surface area contributed by atoms with Crippen molar-refractivity contribution in [2.24, 2.45) is 5.73 Å². The number of nitrogens with two attached hydrogens (primary N) is 1. The number of rotatable bonds is 8. The summed E-state index contributed by atoms with van der Waals surface area (Å²) in [4.78, 5) is 11.2. The van der Waals surface area contributed by atoms with Crippen molar-refractivity contribution in [3.05, 3.63) is 42.0 Å². The van der Waals surface area contributed by atoms with Crippen LogP contribution in [0.3, 0.4) is 0 Å². The van der Waals surface area contributed by atoms with E-state index in [4.69, 9.17) is 10.5 Å². The van der Waals surface area contributed by atoms with Gasteiger partial charge in [0.15, 0.2) is 0 Å². The van der Waals surface area contributed by atoms with Crippen molar-refractivity contribution in [1.29, 1.82) is 0 Å². The van der Waals surface area contributed by atoms with Crippen molar-refractivity contribution in [1.82, 2.24) is 5.32 Å². The summed E-state index contributed by atoms with van der Waals surface area (Å²) < 4.78 is 5.55. The summed E-state index contributed by atoms with van der Waals surface area (Å²) in [5.74, 6) is 0.0157. The molecule has 18 heavy (non-hydrogen) atoms. The molecule has 0 heterocycles. The van der Waals surface area contributed by atoms with Crippen molar-refractivity contribution in [3.63, 3.8) is 0 Å². The Morgan fingerprint density at radius 1 is 1.44 bits per heavy atom. The first-order valence-electron chi connectivity index (χ1n) is 6.04. The summed E-state index contributed by atoms with van der Waals surface area (Å²) in [6.07, 6.45) is 1.08. The number of primary amides is 1. The first-order valence-corrected chi connectivity index (χ1v) is 6.04. The molecule has 4 heteroatoms. The molecule has 0 atom stereocenters. The maximum absolute atomic E-state index is 11.2. The van der Waals surface area contributed by atoms with Crippen molar-refractivity contribution < 1.29 is 9.53 Å². The number of nitrogens with one attached hydrogen (secondary N) is 1. The summed E-state index contributed by atoms with van der Waals surface area (Å²) in [5.41, 5.74) is 6.59. The highest BCUT2D eigenvalue weighted by atomic mass is 16.5. The van der Waals surface area contributed by atoms with E-state index in [0.29, 0.717) is 24.5 Å². The van der Waals surface area contributed by atoms with Crippen molar-refractivity contribution in [2.45, 2.75) is 13.3 Å². The third kappa shape index (κ3) is 4.59. The molecule has 0 aliphatic rings.